The van der Waals surface area contributed by atoms with Crippen LogP contribution in [0.1, 0.15) is 26.5 Å². The van der Waals surface area contributed by atoms with Gasteiger partial charge in [-0.2, -0.15) is 18.2 Å². The third kappa shape index (κ3) is 4.38. The fourth-order valence-corrected chi connectivity index (χ4v) is 1.13. The van der Waals surface area contributed by atoms with Gasteiger partial charge in [-0.15, -0.1) is 0 Å². The summed E-state index contributed by atoms with van der Waals surface area (Å²) >= 11 is 0. The molecule has 0 radical (unpaired) electrons. The van der Waals surface area contributed by atoms with E-state index < -0.39 is 11.9 Å². The maximum absolute atomic E-state index is 12.6. The van der Waals surface area contributed by atoms with E-state index in [2.05, 4.69) is 15.3 Å². The maximum Gasteiger partial charge on any atom is 0.433 e. The summed E-state index contributed by atoms with van der Waals surface area (Å²) in [6.45, 7) is 6.29. The van der Waals surface area contributed by atoms with Crippen LogP contribution < -0.4 is 10.1 Å². The van der Waals surface area contributed by atoms with Gasteiger partial charge in [-0.1, -0.05) is 13.8 Å². The van der Waals surface area contributed by atoms with Crippen LogP contribution in [0, 0.1) is 5.92 Å². The number of anilines is 1. The van der Waals surface area contributed by atoms with E-state index in [9.17, 15) is 13.2 Å². The molecular formula is C11H16F3N3O. The molecule has 0 aliphatic rings. The summed E-state index contributed by atoms with van der Waals surface area (Å²) in [4.78, 5) is 7.26. The number of hydrogen-bond donors (Lipinski definition) is 1. The number of ether oxygens (including phenoxy) is 1. The van der Waals surface area contributed by atoms with Crippen LogP contribution in [0.4, 0.5) is 19.1 Å². The van der Waals surface area contributed by atoms with Crippen molar-refractivity contribution in [2.75, 3.05) is 18.5 Å². The van der Waals surface area contributed by atoms with E-state index in [4.69, 9.17) is 4.74 Å². The number of rotatable bonds is 5. The van der Waals surface area contributed by atoms with Gasteiger partial charge in [0.25, 0.3) is 0 Å². The molecule has 0 saturated heterocycles. The third-order valence-corrected chi connectivity index (χ3v) is 1.89. The Morgan fingerprint density at radius 1 is 1.33 bits per heavy atom. The van der Waals surface area contributed by atoms with Crippen LogP contribution in [0.3, 0.4) is 0 Å². The minimum Gasteiger partial charge on any atom is -0.477 e. The molecule has 1 aromatic heterocycles. The Morgan fingerprint density at radius 3 is 2.50 bits per heavy atom. The monoisotopic (exact) mass is 263 g/mol. The lowest BCUT2D eigenvalue weighted by Gasteiger charge is -2.12. The molecule has 0 spiro atoms. The normalized spacial score (nSPS) is 11.7. The standard InChI is InChI=1S/C11H16F3N3O/c1-4-15-10-16-8(11(12,13)14)5-9(17-10)18-6-7(2)3/h5,7H,4,6H2,1-3H3,(H,15,16,17). The number of nitrogens with zero attached hydrogens (tertiary/aromatic N) is 2. The Labute approximate surface area is 104 Å². The average Bonchev–Trinajstić information content (AvgIpc) is 2.25. The zero-order valence-corrected chi connectivity index (χ0v) is 10.5. The molecule has 0 atom stereocenters. The van der Waals surface area contributed by atoms with Crippen LogP contribution in [0.5, 0.6) is 5.88 Å². The first kappa shape index (κ1) is 14.5. The fraction of sp³-hybridized carbons (Fsp3) is 0.636. The highest BCUT2D eigenvalue weighted by molar-refractivity contribution is 5.31. The van der Waals surface area contributed by atoms with Crippen molar-refractivity contribution in [3.8, 4) is 5.88 Å². The summed E-state index contributed by atoms with van der Waals surface area (Å²) in [6, 6.07) is 0.809. The molecule has 1 aromatic rings. The van der Waals surface area contributed by atoms with Crippen molar-refractivity contribution in [2.45, 2.75) is 26.9 Å². The Hall–Kier alpha value is -1.53. The van der Waals surface area contributed by atoms with Gasteiger partial charge < -0.3 is 10.1 Å². The van der Waals surface area contributed by atoms with E-state index in [1.807, 2.05) is 13.8 Å². The van der Waals surface area contributed by atoms with Crippen molar-refractivity contribution in [3.05, 3.63) is 11.8 Å². The van der Waals surface area contributed by atoms with Crippen molar-refractivity contribution < 1.29 is 17.9 Å². The van der Waals surface area contributed by atoms with E-state index >= 15 is 0 Å². The molecule has 0 fully saturated rings. The van der Waals surface area contributed by atoms with E-state index in [-0.39, 0.29) is 17.7 Å². The average molecular weight is 263 g/mol. The summed E-state index contributed by atoms with van der Waals surface area (Å²) in [7, 11) is 0. The molecule has 0 aliphatic carbocycles. The van der Waals surface area contributed by atoms with Crippen molar-refractivity contribution in [1.29, 1.82) is 0 Å². The first-order chi connectivity index (χ1) is 8.32. The molecule has 0 amide bonds. The van der Waals surface area contributed by atoms with Gasteiger partial charge in [0.2, 0.25) is 11.8 Å². The molecule has 0 saturated carbocycles. The first-order valence-electron chi connectivity index (χ1n) is 5.66. The molecule has 0 aromatic carbocycles. The van der Waals surface area contributed by atoms with E-state index in [1.54, 1.807) is 6.92 Å². The second kappa shape index (κ2) is 5.88. The van der Waals surface area contributed by atoms with Crippen molar-refractivity contribution in [1.82, 2.24) is 9.97 Å². The summed E-state index contributed by atoms with van der Waals surface area (Å²) in [5.74, 6) is 0.0601. The van der Waals surface area contributed by atoms with Crippen LogP contribution >= 0.6 is 0 Å². The molecule has 18 heavy (non-hydrogen) atoms. The minimum atomic E-state index is -4.51. The molecule has 7 heteroatoms. The van der Waals surface area contributed by atoms with Crippen molar-refractivity contribution >= 4 is 5.95 Å². The molecule has 1 rings (SSSR count). The molecule has 102 valence electrons. The van der Waals surface area contributed by atoms with Crippen LogP contribution in [0.15, 0.2) is 6.07 Å². The zero-order chi connectivity index (χ0) is 13.8. The second-order valence-corrected chi connectivity index (χ2v) is 4.15. The molecule has 0 unspecified atom stereocenters. The Bertz CT molecular complexity index is 394. The van der Waals surface area contributed by atoms with Crippen molar-refractivity contribution in [3.63, 3.8) is 0 Å². The van der Waals surface area contributed by atoms with Gasteiger partial charge in [-0.05, 0) is 12.8 Å². The highest BCUT2D eigenvalue weighted by Crippen LogP contribution is 2.30. The summed E-state index contributed by atoms with van der Waals surface area (Å²) in [6.07, 6.45) is -4.51. The molecule has 1 N–H and O–H groups in total. The van der Waals surface area contributed by atoms with Crippen LogP contribution in [0.25, 0.3) is 0 Å². The highest BCUT2D eigenvalue weighted by Gasteiger charge is 2.34. The smallest absolute Gasteiger partial charge is 0.433 e. The largest absolute Gasteiger partial charge is 0.477 e. The van der Waals surface area contributed by atoms with Crippen LogP contribution in [-0.4, -0.2) is 23.1 Å². The number of aromatic nitrogens is 2. The summed E-state index contributed by atoms with van der Waals surface area (Å²) in [5.41, 5.74) is -1.01. The van der Waals surface area contributed by atoms with Gasteiger partial charge in [0, 0.05) is 12.6 Å². The van der Waals surface area contributed by atoms with Crippen LogP contribution in [0.2, 0.25) is 0 Å². The van der Waals surface area contributed by atoms with Gasteiger partial charge in [0.15, 0.2) is 5.69 Å². The molecule has 1 heterocycles. The molecule has 0 aliphatic heterocycles. The Kier molecular flexibility index (Phi) is 4.75. The zero-order valence-electron chi connectivity index (χ0n) is 10.5. The quantitative estimate of drug-likeness (QED) is 0.887. The number of nitrogens with one attached hydrogen (secondary N) is 1. The molecular weight excluding hydrogens is 247 g/mol. The van der Waals surface area contributed by atoms with Gasteiger partial charge in [-0.3, -0.25) is 0 Å². The van der Waals surface area contributed by atoms with E-state index in [0.717, 1.165) is 6.07 Å². The lowest BCUT2D eigenvalue weighted by Crippen LogP contribution is -2.14. The lowest BCUT2D eigenvalue weighted by atomic mass is 10.2. The van der Waals surface area contributed by atoms with E-state index in [1.165, 1.54) is 0 Å². The number of hydrogen-bond acceptors (Lipinski definition) is 4. The molecule has 0 bridgehead atoms. The summed E-state index contributed by atoms with van der Waals surface area (Å²) < 4.78 is 43.0. The maximum atomic E-state index is 12.6. The van der Waals surface area contributed by atoms with Gasteiger partial charge in [0.05, 0.1) is 6.61 Å². The third-order valence-electron chi connectivity index (χ3n) is 1.89. The van der Waals surface area contributed by atoms with Crippen LogP contribution in [-0.2, 0) is 6.18 Å². The van der Waals surface area contributed by atoms with Gasteiger partial charge in [0.1, 0.15) is 0 Å². The second-order valence-electron chi connectivity index (χ2n) is 4.15. The predicted octanol–water partition coefficient (Wildman–Crippen LogP) is 2.96. The van der Waals surface area contributed by atoms with Crippen molar-refractivity contribution in [2.24, 2.45) is 5.92 Å². The van der Waals surface area contributed by atoms with E-state index in [0.29, 0.717) is 13.2 Å². The first-order valence-corrected chi connectivity index (χ1v) is 5.66. The SMILES string of the molecule is CCNc1nc(OCC(C)C)cc(C(F)(F)F)n1. The lowest BCUT2D eigenvalue weighted by molar-refractivity contribution is -0.141. The predicted molar refractivity (Wildman–Crippen MR) is 61.5 cm³/mol. The summed E-state index contributed by atoms with van der Waals surface area (Å²) in [5, 5.41) is 2.65. The highest BCUT2D eigenvalue weighted by atomic mass is 19.4. The minimum absolute atomic E-state index is 0.0676. The fourth-order valence-electron chi connectivity index (χ4n) is 1.13. The Morgan fingerprint density at radius 2 is 2.00 bits per heavy atom. The number of alkyl halides is 3. The molecule has 4 nitrogen and oxygen atoms in total. The van der Waals surface area contributed by atoms with Gasteiger partial charge in [-0.25, -0.2) is 4.98 Å². The number of halogens is 3. The van der Waals surface area contributed by atoms with Gasteiger partial charge >= 0.3 is 6.18 Å². The Balaban J connectivity index is 2.98. The topological polar surface area (TPSA) is 47.0 Å².